The first-order valence-electron chi connectivity index (χ1n) is 11.6. The van der Waals surface area contributed by atoms with Crippen molar-refractivity contribution in [3.8, 4) is 0 Å². The van der Waals surface area contributed by atoms with Crippen LogP contribution < -0.4 is 0 Å². The third-order valence-electron chi connectivity index (χ3n) is 7.88. The van der Waals surface area contributed by atoms with Crippen LogP contribution in [0.3, 0.4) is 0 Å². The summed E-state index contributed by atoms with van der Waals surface area (Å²) < 4.78 is 6.09. The molecular formula is C26H38O. The van der Waals surface area contributed by atoms with E-state index in [0.29, 0.717) is 6.10 Å². The fraction of sp³-hybridized carbons (Fsp3) is 0.692. The molecule has 1 aromatic carbocycles. The zero-order valence-electron chi connectivity index (χ0n) is 17.5. The highest BCUT2D eigenvalue weighted by atomic mass is 16.5. The predicted molar refractivity (Wildman–Crippen MR) is 114 cm³/mol. The minimum atomic E-state index is 0.522. The summed E-state index contributed by atoms with van der Waals surface area (Å²) in [6, 6.07) is 7.30. The van der Waals surface area contributed by atoms with Crippen LogP contribution in [0.2, 0.25) is 0 Å². The molecule has 27 heavy (non-hydrogen) atoms. The second kappa shape index (κ2) is 8.95. The highest BCUT2D eigenvalue weighted by Gasteiger charge is 2.38. The van der Waals surface area contributed by atoms with Gasteiger partial charge in [-0.15, -0.1) is 0 Å². The summed E-state index contributed by atoms with van der Waals surface area (Å²) in [5, 5.41) is 0. The van der Waals surface area contributed by atoms with Crippen LogP contribution in [-0.4, -0.2) is 12.7 Å². The lowest BCUT2D eigenvalue weighted by atomic mass is 9.62. The summed E-state index contributed by atoms with van der Waals surface area (Å²) in [5.41, 5.74) is 4.82. The molecule has 1 aromatic rings. The Balaban J connectivity index is 1.31. The average molecular weight is 367 g/mol. The molecule has 4 rings (SSSR count). The van der Waals surface area contributed by atoms with Crippen LogP contribution in [0.25, 0.3) is 0 Å². The Bertz CT molecular complexity index is 646. The molecule has 5 atom stereocenters. The largest absolute Gasteiger partial charge is 0.374 e. The summed E-state index contributed by atoms with van der Waals surface area (Å²) in [6.07, 6.45) is 18.5. The second-order valence-corrected chi connectivity index (χ2v) is 9.39. The van der Waals surface area contributed by atoms with E-state index in [0.717, 1.165) is 30.3 Å². The van der Waals surface area contributed by atoms with Gasteiger partial charge in [0, 0.05) is 0 Å². The van der Waals surface area contributed by atoms with Gasteiger partial charge in [-0.25, -0.2) is 0 Å². The van der Waals surface area contributed by atoms with E-state index in [1.54, 1.807) is 11.1 Å². The number of ether oxygens (including phenoxy) is 1. The standard InChI is InChI=1S/C26H38O/c1-3-5-14-27-26-13-12-24-17-23(10-11-25(24)18-26)22-9-8-20-15-19(4-2)6-7-21(20)16-22/h3,5-7,15,22-26H,4,8-14,16-18H2,1-2H3. The Morgan fingerprint density at radius 2 is 1.70 bits per heavy atom. The molecule has 0 aromatic heterocycles. The topological polar surface area (TPSA) is 9.23 Å². The molecule has 0 aliphatic heterocycles. The number of hydrogen-bond donors (Lipinski definition) is 0. The van der Waals surface area contributed by atoms with Crippen molar-refractivity contribution in [1.82, 2.24) is 0 Å². The molecule has 0 saturated heterocycles. The van der Waals surface area contributed by atoms with E-state index in [9.17, 15) is 0 Å². The first-order valence-corrected chi connectivity index (χ1v) is 11.6. The van der Waals surface area contributed by atoms with Crippen LogP contribution in [0.4, 0.5) is 0 Å². The molecule has 0 heterocycles. The van der Waals surface area contributed by atoms with E-state index >= 15 is 0 Å². The lowest BCUT2D eigenvalue weighted by Crippen LogP contribution is -2.37. The van der Waals surface area contributed by atoms with E-state index < -0.39 is 0 Å². The van der Waals surface area contributed by atoms with Crippen molar-refractivity contribution < 1.29 is 4.74 Å². The van der Waals surface area contributed by atoms with E-state index in [4.69, 9.17) is 4.74 Å². The number of allylic oxidation sites excluding steroid dienone is 1. The molecule has 1 heteroatoms. The van der Waals surface area contributed by atoms with Crippen molar-refractivity contribution in [2.75, 3.05) is 6.61 Å². The Kier molecular flexibility index (Phi) is 6.38. The lowest BCUT2D eigenvalue weighted by molar-refractivity contribution is -0.0138. The Hall–Kier alpha value is -1.08. The molecular weight excluding hydrogens is 328 g/mol. The number of fused-ring (bicyclic) bond motifs is 2. The van der Waals surface area contributed by atoms with Crippen molar-refractivity contribution in [3.63, 3.8) is 0 Å². The van der Waals surface area contributed by atoms with E-state index in [2.05, 4.69) is 44.2 Å². The lowest BCUT2D eigenvalue weighted by Gasteiger charge is -2.45. The molecule has 2 fully saturated rings. The van der Waals surface area contributed by atoms with Crippen molar-refractivity contribution >= 4 is 0 Å². The van der Waals surface area contributed by atoms with Crippen molar-refractivity contribution in [2.24, 2.45) is 23.7 Å². The van der Waals surface area contributed by atoms with Gasteiger partial charge in [-0.05, 0) is 111 Å². The van der Waals surface area contributed by atoms with Gasteiger partial charge < -0.3 is 4.74 Å². The smallest absolute Gasteiger partial charge is 0.0651 e. The van der Waals surface area contributed by atoms with Crippen molar-refractivity contribution in [2.45, 2.75) is 84.2 Å². The quantitative estimate of drug-likeness (QED) is 0.538. The Labute approximate surface area is 166 Å². The summed E-state index contributed by atoms with van der Waals surface area (Å²) in [5.74, 6) is 3.84. The van der Waals surface area contributed by atoms with Crippen molar-refractivity contribution in [1.29, 1.82) is 0 Å². The van der Waals surface area contributed by atoms with Gasteiger partial charge in [-0.3, -0.25) is 0 Å². The number of rotatable bonds is 5. The maximum atomic E-state index is 6.09. The van der Waals surface area contributed by atoms with Gasteiger partial charge in [-0.1, -0.05) is 37.3 Å². The average Bonchev–Trinajstić information content (AvgIpc) is 2.72. The zero-order chi connectivity index (χ0) is 18.6. The van der Waals surface area contributed by atoms with Gasteiger partial charge in [0.05, 0.1) is 12.7 Å². The van der Waals surface area contributed by atoms with Crippen molar-refractivity contribution in [3.05, 3.63) is 47.0 Å². The van der Waals surface area contributed by atoms with Gasteiger partial charge in [-0.2, -0.15) is 0 Å². The molecule has 0 amide bonds. The maximum Gasteiger partial charge on any atom is 0.0651 e. The highest BCUT2D eigenvalue weighted by Crippen LogP contribution is 2.47. The third-order valence-corrected chi connectivity index (χ3v) is 7.88. The molecule has 0 N–H and O–H groups in total. The monoisotopic (exact) mass is 366 g/mol. The molecule has 3 aliphatic carbocycles. The normalized spacial score (nSPS) is 33.6. The van der Waals surface area contributed by atoms with Crippen LogP contribution in [-0.2, 0) is 24.0 Å². The number of benzene rings is 1. The third kappa shape index (κ3) is 4.50. The minimum absolute atomic E-state index is 0.522. The first-order chi connectivity index (χ1) is 13.3. The van der Waals surface area contributed by atoms with Crippen LogP contribution in [0.5, 0.6) is 0 Å². The Morgan fingerprint density at radius 1 is 0.926 bits per heavy atom. The van der Waals surface area contributed by atoms with Crippen LogP contribution in [0, 0.1) is 23.7 Å². The van der Waals surface area contributed by atoms with E-state index in [1.807, 2.05) is 0 Å². The van der Waals surface area contributed by atoms with Gasteiger partial charge in [0.2, 0.25) is 0 Å². The molecule has 0 spiro atoms. The predicted octanol–water partition coefficient (Wildman–Crippen LogP) is 6.53. The Morgan fingerprint density at radius 3 is 2.52 bits per heavy atom. The minimum Gasteiger partial charge on any atom is -0.374 e. The SMILES string of the molecule is CC=CCOC1CCC2CC(C3CCc4cc(CC)ccc4C3)CCC2C1. The molecule has 148 valence electrons. The maximum absolute atomic E-state index is 6.09. The molecule has 0 bridgehead atoms. The van der Waals surface area contributed by atoms with Gasteiger partial charge in [0.25, 0.3) is 0 Å². The molecule has 3 aliphatic rings. The zero-order valence-corrected chi connectivity index (χ0v) is 17.5. The molecule has 0 radical (unpaired) electrons. The van der Waals surface area contributed by atoms with Crippen LogP contribution in [0.15, 0.2) is 30.4 Å². The highest BCUT2D eigenvalue weighted by molar-refractivity contribution is 5.34. The van der Waals surface area contributed by atoms with Gasteiger partial charge in [0.1, 0.15) is 0 Å². The van der Waals surface area contributed by atoms with Gasteiger partial charge in [0.15, 0.2) is 0 Å². The van der Waals surface area contributed by atoms with Crippen LogP contribution >= 0.6 is 0 Å². The summed E-state index contributed by atoms with van der Waals surface area (Å²) in [6.45, 7) is 5.16. The summed E-state index contributed by atoms with van der Waals surface area (Å²) >= 11 is 0. The van der Waals surface area contributed by atoms with Crippen LogP contribution in [0.1, 0.15) is 75.5 Å². The number of hydrogen-bond acceptors (Lipinski definition) is 1. The summed E-state index contributed by atoms with van der Waals surface area (Å²) in [7, 11) is 0. The molecule has 5 unspecified atom stereocenters. The fourth-order valence-corrected chi connectivity index (χ4v) is 6.21. The fourth-order valence-electron chi connectivity index (χ4n) is 6.21. The molecule has 1 nitrogen and oxygen atoms in total. The summed E-state index contributed by atoms with van der Waals surface area (Å²) in [4.78, 5) is 0. The second-order valence-electron chi connectivity index (χ2n) is 9.39. The van der Waals surface area contributed by atoms with Gasteiger partial charge >= 0.3 is 0 Å². The first kappa shape index (κ1) is 19.2. The molecule has 2 saturated carbocycles. The number of aryl methyl sites for hydroxylation is 2. The van der Waals surface area contributed by atoms with E-state index in [-0.39, 0.29) is 0 Å². The van der Waals surface area contributed by atoms with E-state index in [1.165, 1.54) is 69.8 Å².